The van der Waals surface area contributed by atoms with Crippen molar-refractivity contribution in [3.05, 3.63) is 65.7 Å². The molecule has 170 valence electrons. The number of ether oxygens (including phenoxy) is 1. The number of sulfonamides is 1. The van der Waals surface area contributed by atoms with Crippen molar-refractivity contribution in [1.29, 1.82) is 0 Å². The zero-order valence-electron chi connectivity index (χ0n) is 18.0. The van der Waals surface area contributed by atoms with Crippen LogP contribution in [0.3, 0.4) is 0 Å². The number of esters is 1. The summed E-state index contributed by atoms with van der Waals surface area (Å²) in [5, 5.41) is 2.90. The second-order valence-corrected chi connectivity index (χ2v) is 9.84. The van der Waals surface area contributed by atoms with Crippen LogP contribution in [0.5, 0.6) is 0 Å². The van der Waals surface area contributed by atoms with E-state index in [9.17, 15) is 22.8 Å². The van der Waals surface area contributed by atoms with Gasteiger partial charge >= 0.3 is 5.97 Å². The lowest BCUT2D eigenvalue weighted by Gasteiger charge is -2.19. The van der Waals surface area contributed by atoms with E-state index in [1.54, 1.807) is 0 Å². The normalized spacial score (nSPS) is 14.6. The minimum atomic E-state index is -3.95. The lowest BCUT2D eigenvalue weighted by molar-refractivity contribution is -0.148. The molecule has 0 aliphatic heterocycles. The number of ketones is 1. The standard InChI is InChI=1S/C23H26N2O6S/c1-16(26)17-10-12-20(13-11-17)32(29,30)25(2)14-22(28)31-15-21(27)24-23(19-8-9-19)18-6-4-3-5-7-18/h3-7,10-13,19,23H,8-9,14-15H2,1-2H3,(H,24,27). The lowest BCUT2D eigenvalue weighted by atomic mass is 10.0. The highest BCUT2D eigenvalue weighted by Crippen LogP contribution is 2.40. The van der Waals surface area contributed by atoms with Crippen LogP contribution in [0.2, 0.25) is 0 Å². The summed E-state index contributed by atoms with van der Waals surface area (Å²) in [6.45, 7) is 0.347. The topological polar surface area (TPSA) is 110 Å². The van der Waals surface area contributed by atoms with Crippen LogP contribution in [0, 0.1) is 5.92 Å². The monoisotopic (exact) mass is 458 g/mol. The van der Waals surface area contributed by atoms with Gasteiger partial charge in [0.2, 0.25) is 10.0 Å². The van der Waals surface area contributed by atoms with Gasteiger partial charge in [-0.2, -0.15) is 4.31 Å². The number of carbonyl (C=O) groups excluding carboxylic acids is 3. The molecule has 9 heteroatoms. The maximum absolute atomic E-state index is 12.6. The summed E-state index contributed by atoms with van der Waals surface area (Å²) in [5.41, 5.74) is 1.38. The van der Waals surface area contributed by atoms with E-state index in [0.717, 1.165) is 22.7 Å². The molecule has 8 nitrogen and oxygen atoms in total. The molecule has 0 heterocycles. The zero-order chi connectivity index (χ0) is 23.3. The van der Waals surface area contributed by atoms with Crippen molar-refractivity contribution in [3.63, 3.8) is 0 Å². The van der Waals surface area contributed by atoms with Crippen LogP contribution in [0.1, 0.15) is 41.7 Å². The second-order valence-electron chi connectivity index (χ2n) is 7.80. The molecule has 32 heavy (non-hydrogen) atoms. The Balaban J connectivity index is 1.52. The number of hydrogen-bond donors (Lipinski definition) is 1. The van der Waals surface area contributed by atoms with Crippen LogP contribution in [-0.2, 0) is 24.3 Å². The van der Waals surface area contributed by atoms with Gasteiger partial charge in [0.1, 0.15) is 6.54 Å². The molecule has 1 aliphatic carbocycles. The SMILES string of the molecule is CC(=O)c1ccc(S(=O)(=O)N(C)CC(=O)OCC(=O)NC(c2ccccc2)C2CC2)cc1. The van der Waals surface area contributed by atoms with Crippen LogP contribution in [0.4, 0.5) is 0 Å². The minimum absolute atomic E-state index is 0.0503. The van der Waals surface area contributed by atoms with Gasteiger partial charge in [0.25, 0.3) is 5.91 Å². The van der Waals surface area contributed by atoms with E-state index < -0.39 is 35.1 Å². The molecule has 2 aromatic rings. The van der Waals surface area contributed by atoms with Crippen LogP contribution in [0.25, 0.3) is 0 Å². The molecule has 3 rings (SSSR count). The van der Waals surface area contributed by atoms with Crippen molar-refractivity contribution >= 4 is 27.7 Å². The molecule has 1 N–H and O–H groups in total. The molecular formula is C23H26N2O6S. The Kier molecular flexibility index (Phi) is 7.42. The van der Waals surface area contributed by atoms with Crippen LogP contribution >= 0.6 is 0 Å². The molecule has 0 saturated heterocycles. The van der Waals surface area contributed by atoms with Crippen molar-refractivity contribution in [2.45, 2.75) is 30.7 Å². The van der Waals surface area contributed by atoms with Gasteiger partial charge < -0.3 is 10.1 Å². The van der Waals surface area contributed by atoms with Gasteiger partial charge in [-0.1, -0.05) is 42.5 Å². The Morgan fingerprint density at radius 1 is 1.06 bits per heavy atom. The van der Waals surface area contributed by atoms with E-state index in [4.69, 9.17) is 4.74 Å². The van der Waals surface area contributed by atoms with E-state index >= 15 is 0 Å². The summed E-state index contributed by atoms with van der Waals surface area (Å²) in [5.74, 6) is -1.10. The largest absolute Gasteiger partial charge is 0.455 e. The fraction of sp³-hybridized carbons (Fsp3) is 0.348. The second kappa shape index (κ2) is 10.1. The number of amides is 1. The molecule has 2 aromatic carbocycles. The maximum Gasteiger partial charge on any atom is 0.321 e. The van der Waals surface area contributed by atoms with Gasteiger partial charge in [0, 0.05) is 12.6 Å². The minimum Gasteiger partial charge on any atom is -0.455 e. The van der Waals surface area contributed by atoms with Crippen molar-refractivity contribution in [2.75, 3.05) is 20.2 Å². The first-order valence-corrected chi connectivity index (χ1v) is 11.7. The van der Waals surface area contributed by atoms with E-state index in [0.29, 0.717) is 11.5 Å². The van der Waals surface area contributed by atoms with Gasteiger partial charge in [0.15, 0.2) is 12.4 Å². The van der Waals surface area contributed by atoms with Crippen molar-refractivity contribution in [1.82, 2.24) is 9.62 Å². The van der Waals surface area contributed by atoms with Gasteiger partial charge in [-0.05, 0) is 43.4 Å². The van der Waals surface area contributed by atoms with Gasteiger partial charge in [-0.3, -0.25) is 14.4 Å². The number of hydrogen-bond acceptors (Lipinski definition) is 6. The number of likely N-dealkylation sites (N-methyl/N-ethyl adjacent to an activating group) is 1. The molecular weight excluding hydrogens is 432 g/mol. The highest BCUT2D eigenvalue weighted by Gasteiger charge is 2.33. The maximum atomic E-state index is 12.6. The predicted molar refractivity (Wildman–Crippen MR) is 117 cm³/mol. The van der Waals surface area contributed by atoms with E-state index in [1.165, 1.54) is 38.2 Å². The molecule has 0 radical (unpaired) electrons. The average molecular weight is 459 g/mol. The highest BCUT2D eigenvalue weighted by atomic mass is 32.2. The molecule has 1 amide bonds. The number of benzene rings is 2. The predicted octanol–water partition coefficient (Wildman–Crippen LogP) is 2.32. The summed E-state index contributed by atoms with van der Waals surface area (Å²) in [7, 11) is -2.71. The fourth-order valence-corrected chi connectivity index (χ4v) is 4.39. The Bertz CT molecular complexity index is 1080. The molecule has 1 atom stereocenters. The fourth-order valence-electron chi connectivity index (χ4n) is 3.28. The Labute approximate surface area is 187 Å². The molecule has 1 aliphatic rings. The third-order valence-corrected chi connectivity index (χ3v) is 7.07. The summed E-state index contributed by atoms with van der Waals surface area (Å²) in [4.78, 5) is 35.7. The molecule has 1 unspecified atom stereocenters. The van der Waals surface area contributed by atoms with Gasteiger partial charge in [-0.25, -0.2) is 8.42 Å². The first-order valence-electron chi connectivity index (χ1n) is 10.3. The number of rotatable bonds is 10. The zero-order valence-corrected chi connectivity index (χ0v) is 18.8. The van der Waals surface area contributed by atoms with Crippen LogP contribution in [-0.4, -0.2) is 50.6 Å². The molecule has 0 bridgehead atoms. The molecule has 0 spiro atoms. The van der Waals surface area contributed by atoms with Crippen LogP contribution in [0.15, 0.2) is 59.5 Å². The quantitative estimate of drug-likeness (QED) is 0.432. The number of nitrogens with one attached hydrogen (secondary N) is 1. The molecule has 1 fully saturated rings. The van der Waals surface area contributed by atoms with Gasteiger partial charge in [-0.15, -0.1) is 0 Å². The molecule has 0 aromatic heterocycles. The van der Waals surface area contributed by atoms with E-state index in [1.807, 2.05) is 30.3 Å². The Morgan fingerprint density at radius 3 is 2.25 bits per heavy atom. The summed E-state index contributed by atoms with van der Waals surface area (Å²) in [6.07, 6.45) is 2.05. The summed E-state index contributed by atoms with van der Waals surface area (Å²) in [6, 6.07) is 14.9. The van der Waals surface area contributed by atoms with Crippen LogP contribution < -0.4 is 5.32 Å². The van der Waals surface area contributed by atoms with Crippen molar-refractivity contribution in [3.8, 4) is 0 Å². The first-order chi connectivity index (χ1) is 15.2. The van der Waals surface area contributed by atoms with Crippen molar-refractivity contribution < 1.29 is 27.5 Å². The van der Waals surface area contributed by atoms with Gasteiger partial charge in [0.05, 0.1) is 10.9 Å². The van der Waals surface area contributed by atoms with E-state index in [2.05, 4.69) is 5.32 Å². The van der Waals surface area contributed by atoms with E-state index in [-0.39, 0.29) is 16.7 Å². The molecule has 1 saturated carbocycles. The van der Waals surface area contributed by atoms with Crippen molar-refractivity contribution in [2.24, 2.45) is 5.92 Å². The number of nitrogens with zero attached hydrogens (tertiary/aromatic N) is 1. The summed E-state index contributed by atoms with van der Waals surface area (Å²) >= 11 is 0. The summed E-state index contributed by atoms with van der Waals surface area (Å²) < 4.78 is 31.1. The third-order valence-electron chi connectivity index (χ3n) is 5.25. The number of carbonyl (C=O) groups is 3. The third kappa shape index (κ3) is 6.02. The Hall–Kier alpha value is -3.04. The Morgan fingerprint density at radius 2 is 1.69 bits per heavy atom. The lowest BCUT2D eigenvalue weighted by Crippen LogP contribution is -2.36. The smallest absolute Gasteiger partial charge is 0.321 e. The highest BCUT2D eigenvalue weighted by molar-refractivity contribution is 7.89. The first kappa shape index (κ1) is 23.6. The average Bonchev–Trinajstić information content (AvgIpc) is 3.62. The number of Topliss-reactive ketones (excluding diaryl/α,β-unsaturated/α-hetero) is 1.